The number of anilines is 3. The molecular weight excluding hydrogens is 250 g/mol. The Bertz CT molecular complexity index is 573. The van der Waals surface area contributed by atoms with Gasteiger partial charge in [0.15, 0.2) is 0 Å². The van der Waals surface area contributed by atoms with Crippen LogP contribution in [-0.2, 0) is 0 Å². The highest BCUT2D eigenvalue weighted by Gasteiger charge is 2.18. The minimum absolute atomic E-state index is 0.566. The Morgan fingerprint density at radius 1 is 1.00 bits per heavy atom. The fourth-order valence-corrected chi connectivity index (χ4v) is 2.48. The Labute approximate surface area is 119 Å². The van der Waals surface area contributed by atoms with Crippen LogP contribution in [-0.4, -0.2) is 36.1 Å². The zero-order valence-electron chi connectivity index (χ0n) is 11.7. The first-order valence-electron chi connectivity index (χ1n) is 6.87. The molecule has 2 aromatic rings. The summed E-state index contributed by atoms with van der Waals surface area (Å²) in [4.78, 5) is 13.4. The van der Waals surface area contributed by atoms with Crippen molar-refractivity contribution in [2.75, 3.05) is 41.7 Å². The normalized spacial score (nSPS) is 15.4. The lowest BCUT2D eigenvalue weighted by Gasteiger charge is -2.36. The molecule has 0 bridgehead atoms. The Balaban J connectivity index is 1.66. The SMILES string of the molecule is Cc1cccc(N2CCN(c3ccc(N)nc3)CC2)n1. The van der Waals surface area contributed by atoms with Crippen LogP contribution in [0.5, 0.6) is 0 Å². The van der Waals surface area contributed by atoms with Crippen LogP contribution < -0.4 is 15.5 Å². The van der Waals surface area contributed by atoms with Gasteiger partial charge in [0.25, 0.3) is 0 Å². The second-order valence-electron chi connectivity index (χ2n) is 5.05. The molecule has 0 aliphatic carbocycles. The summed E-state index contributed by atoms with van der Waals surface area (Å²) in [7, 11) is 0. The molecule has 0 spiro atoms. The average Bonchev–Trinajstić information content (AvgIpc) is 2.48. The van der Waals surface area contributed by atoms with Gasteiger partial charge in [-0.15, -0.1) is 0 Å². The third-order valence-electron chi connectivity index (χ3n) is 3.61. The van der Waals surface area contributed by atoms with Crippen molar-refractivity contribution in [1.29, 1.82) is 0 Å². The van der Waals surface area contributed by atoms with Gasteiger partial charge >= 0.3 is 0 Å². The van der Waals surface area contributed by atoms with Crippen molar-refractivity contribution >= 4 is 17.3 Å². The second kappa shape index (κ2) is 5.36. The quantitative estimate of drug-likeness (QED) is 0.899. The molecule has 0 unspecified atom stereocenters. The van der Waals surface area contributed by atoms with Gasteiger partial charge in [0.05, 0.1) is 11.9 Å². The van der Waals surface area contributed by atoms with Crippen LogP contribution in [0.1, 0.15) is 5.69 Å². The van der Waals surface area contributed by atoms with Gasteiger partial charge < -0.3 is 15.5 Å². The van der Waals surface area contributed by atoms with E-state index in [9.17, 15) is 0 Å². The van der Waals surface area contributed by atoms with E-state index in [2.05, 4.69) is 31.9 Å². The minimum atomic E-state index is 0.566. The standard InChI is InChI=1S/C15H19N5/c1-12-3-2-4-15(18-12)20-9-7-19(8-10-20)13-5-6-14(16)17-11-13/h2-6,11H,7-10H2,1H3,(H2,16,17). The molecule has 5 heteroatoms. The molecule has 1 aliphatic rings. The maximum absolute atomic E-state index is 5.62. The van der Waals surface area contributed by atoms with Gasteiger partial charge in [0.1, 0.15) is 11.6 Å². The molecule has 1 fully saturated rings. The predicted molar refractivity (Wildman–Crippen MR) is 82.0 cm³/mol. The maximum atomic E-state index is 5.62. The lowest BCUT2D eigenvalue weighted by Crippen LogP contribution is -2.46. The summed E-state index contributed by atoms with van der Waals surface area (Å²) >= 11 is 0. The van der Waals surface area contributed by atoms with Crippen molar-refractivity contribution in [1.82, 2.24) is 9.97 Å². The molecule has 20 heavy (non-hydrogen) atoms. The lowest BCUT2D eigenvalue weighted by atomic mass is 10.2. The van der Waals surface area contributed by atoms with Crippen molar-refractivity contribution in [2.45, 2.75) is 6.92 Å². The van der Waals surface area contributed by atoms with E-state index in [0.717, 1.165) is 43.4 Å². The Hall–Kier alpha value is -2.30. The van der Waals surface area contributed by atoms with Gasteiger partial charge in [-0.3, -0.25) is 0 Å². The summed E-state index contributed by atoms with van der Waals surface area (Å²) in [5.74, 6) is 1.64. The number of rotatable bonds is 2. The van der Waals surface area contributed by atoms with Crippen molar-refractivity contribution in [3.8, 4) is 0 Å². The zero-order chi connectivity index (χ0) is 13.9. The second-order valence-corrected chi connectivity index (χ2v) is 5.05. The summed E-state index contributed by atoms with van der Waals surface area (Å²) in [5.41, 5.74) is 7.82. The van der Waals surface area contributed by atoms with E-state index in [0.29, 0.717) is 5.82 Å². The van der Waals surface area contributed by atoms with E-state index in [1.54, 1.807) is 0 Å². The van der Waals surface area contributed by atoms with Crippen LogP contribution in [0.2, 0.25) is 0 Å². The number of nitrogen functional groups attached to an aromatic ring is 1. The first-order chi connectivity index (χ1) is 9.72. The number of aromatic nitrogens is 2. The molecule has 2 N–H and O–H groups in total. The summed E-state index contributed by atoms with van der Waals surface area (Å²) in [6.45, 7) is 5.92. The topological polar surface area (TPSA) is 58.3 Å². The van der Waals surface area contributed by atoms with Crippen molar-refractivity contribution < 1.29 is 0 Å². The fraction of sp³-hybridized carbons (Fsp3) is 0.333. The van der Waals surface area contributed by atoms with Gasteiger partial charge in [0.2, 0.25) is 0 Å². The van der Waals surface area contributed by atoms with E-state index in [4.69, 9.17) is 5.73 Å². The van der Waals surface area contributed by atoms with Crippen LogP contribution in [0, 0.1) is 6.92 Å². The van der Waals surface area contributed by atoms with Gasteiger partial charge in [-0.05, 0) is 31.2 Å². The van der Waals surface area contributed by atoms with E-state index in [-0.39, 0.29) is 0 Å². The molecule has 1 aliphatic heterocycles. The Morgan fingerprint density at radius 3 is 2.40 bits per heavy atom. The molecule has 0 aromatic carbocycles. The molecule has 3 rings (SSSR count). The first-order valence-corrected chi connectivity index (χ1v) is 6.87. The molecule has 0 saturated carbocycles. The third kappa shape index (κ3) is 2.66. The molecule has 2 aromatic heterocycles. The van der Waals surface area contributed by atoms with Crippen LogP contribution in [0.4, 0.5) is 17.3 Å². The van der Waals surface area contributed by atoms with E-state index < -0.39 is 0 Å². The maximum Gasteiger partial charge on any atom is 0.128 e. The number of pyridine rings is 2. The van der Waals surface area contributed by atoms with Crippen LogP contribution in [0.15, 0.2) is 36.5 Å². The smallest absolute Gasteiger partial charge is 0.128 e. The molecular formula is C15H19N5. The Kier molecular flexibility index (Phi) is 3.41. The molecule has 5 nitrogen and oxygen atoms in total. The lowest BCUT2D eigenvalue weighted by molar-refractivity contribution is 0.646. The summed E-state index contributed by atoms with van der Waals surface area (Å²) in [6, 6.07) is 10.0. The first kappa shape index (κ1) is 12.7. The largest absolute Gasteiger partial charge is 0.384 e. The molecule has 104 valence electrons. The molecule has 3 heterocycles. The Morgan fingerprint density at radius 2 is 1.75 bits per heavy atom. The third-order valence-corrected chi connectivity index (χ3v) is 3.61. The highest BCUT2D eigenvalue weighted by atomic mass is 15.3. The van der Waals surface area contributed by atoms with Crippen LogP contribution in [0.25, 0.3) is 0 Å². The van der Waals surface area contributed by atoms with E-state index in [1.165, 1.54) is 0 Å². The van der Waals surface area contributed by atoms with Crippen LogP contribution >= 0.6 is 0 Å². The zero-order valence-corrected chi connectivity index (χ0v) is 11.7. The molecule has 0 radical (unpaired) electrons. The highest BCUT2D eigenvalue weighted by Crippen LogP contribution is 2.19. The van der Waals surface area contributed by atoms with E-state index in [1.807, 2.05) is 31.3 Å². The van der Waals surface area contributed by atoms with Crippen LogP contribution in [0.3, 0.4) is 0 Å². The number of aryl methyl sites for hydroxylation is 1. The van der Waals surface area contributed by atoms with Gasteiger partial charge in [-0.1, -0.05) is 6.07 Å². The van der Waals surface area contributed by atoms with Crippen molar-refractivity contribution in [3.63, 3.8) is 0 Å². The minimum Gasteiger partial charge on any atom is -0.384 e. The number of nitrogens with two attached hydrogens (primary N) is 1. The summed E-state index contributed by atoms with van der Waals surface area (Å²) in [6.07, 6.45) is 1.84. The summed E-state index contributed by atoms with van der Waals surface area (Å²) < 4.78 is 0. The highest BCUT2D eigenvalue weighted by molar-refractivity contribution is 5.50. The number of hydrogen-bond acceptors (Lipinski definition) is 5. The van der Waals surface area contributed by atoms with Gasteiger partial charge in [-0.2, -0.15) is 0 Å². The average molecular weight is 269 g/mol. The molecule has 0 amide bonds. The predicted octanol–water partition coefficient (Wildman–Crippen LogP) is 1.69. The number of hydrogen-bond donors (Lipinski definition) is 1. The van der Waals surface area contributed by atoms with Crippen molar-refractivity contribution in [2.24, 2.45) is 0 Å². The number of piperazine rings is 1. The molecule has 1 saturated heterocycles. The summed E-state index contributed by atoms with van der Waals surface area (Å²) in [5, 5.41) is 0. The van der Waals surface area contributed by atoms with Gasteiger partial charge in [0, 0.05) is 31.9 Å². The fourth-order valence-electron chi connectivity index (χ4n) is 2.48. The van der Waals surface area contributed by atoms with Gasteiger partial charge in [-0.25, -0.2) is 9.97 Å². The van der Waals surface area contributed by atoms with Crippen molar-refractivity contribution in [3.05, 3.63) is 42.2 Å². The van der Waals surface area contributed by atoms with E-state index >= 15 is 0 Å². The molecule has 0 atom stereocenters. The monoisotopic (exact) mass is 269 g/mol. The number of nitrogens with zero attached hydrogens (tertiary/aromatic N) is 4.